The lowest BCUT2D eigenvalue weighted by molar-refractivity contribution is -0.118. The zero-order valence-corrected chi connectivity index (χ0v) is 9.38. The van der Waals surface area contributed by atoms with Gasteiger partial charge in [0.2, 0.25) is 0 Å². The van der Waals surface area contributed by atoms with Gasteiger partial charge in [0.1, 0.15) is 5.78 Å². The van der Waals surface area contributed by atoms with Gasteiger partial charge in [-0.1, -0.05) is 18.2 Å². The highest BCUT2D eigenvalue weighted by Gasteiger charge is 2.11. The minimum Gasteiger partial charge on any atom is -0.321 e. The van der Waals surface area contributed by atoms with Crippen LogP contribution in [-0.2, 0) is 11.2 Å². The van der Waals surface area contributed by atoms with Gasteiger partial charge < -0.3 is 5.73 Å². The van der Waals surface area contributed by atoms with Crippen molar-refractivity contribution in [2.75, 3.05) is 0 Å². The number of nitrogens with two attached hydrogens (primary N) is 1. The average Bonchev–Trinajstić information content (AvgIpc) is 2.62. The largest absolute Gasteiger partial charge is 0.321 e. The Labute approximate surface area is 92.7 Å². The minimum absolute atomic E-state index is 0.0466. The van der Waals surface area contributed by atoms with Gasteiger partial charge >= 0.3 is 0 Å². The van der Waals surface area contributed by atoms with E-state index in [1.807, 2.05) is 12.1 Å². The Kier molecular flexibility index (Phi) is 2.84. The third-order valence-electron chi connectivity index (χ3n) is 2.52. The summed E-state index contributed by atoms with van der Waals surface area (Å²) < 4.78 is 1.25. The van der Waals surface area contributed by atoms with Crippen LogP contribution in [0, 0.1) is 0 Å². The molecule has 2 aromatic rings. The molecule has 0 aliphatic rings. The standard InChI is InChI=1S/C12H13NOS/c1-8(14)11(13)6-9-7-15-12-5-3-2-4-10(9)12/h2-5,7,11H,6,13H2,1H3. The molecular formula is C12H13NOS. The molecule has 0 spiro atoms. The van der Waals surface area contributed by atoms with Crippen LogP contribution in [0.1, 0.15) is 12.5 Å². The van der Waals surface area contributed by atoms with E-state index in [0.29, 0.717) is 6.42 Å². The highest BCUT2D eigenvalue weighted by atomic mass is 32.1. The molecule has 0 aliphatic heterocycles. The summed E-state index contributed by atoms with van der Waals surface area (Å²) in [6, 6.07) is 7.82. The maximum absolute atomic E-state index is 11.1. The van der Waals surface area contributed by atoms with Crippen LogP contribution in [0.5, 0.6) is 0 Å². The van der Waals surface area contributed by atoms with E-state index >= 15 is 0 Å². The topological polar surface area (TPSA) is 43.1 Å². The fraction of sp³-hybridized carbons (Fsp3) is 0.250. The Morgan fingerprint density at radius 1 is 1.47 bits per heavy atom. The van der Waals surface area contributed by atoms with Crippen LogP contribution in [-0.4, -0.2) is 11.8 Å². The zero-order chi connectivity index (χ0) is 10.8. The minimum atomic E-state index is -0.372. The first kappa shape index (κ1) is 10.3. The molecule has 1 atom stereocenters. The molecule has 0 saturated heterocycles. The Morgan fingerprint density at radius 3 is 2.93 bits per heavy atom. The van der Waals surface area contributed by atoms with Crippen molar-refractivity contribution < 1.29 is 4.79 Å². The molecule has 0 radical (unpaired) electrons. The van der Waals surface area contributed by atoms with E-state index in [1.54, 1.807) is 18.3 Å². The highest BCUT2D eigenvalue weighted by molar-refractivity contribution is 7.17. The van der Waals surface area contributed by atoms with Gasteiger partial charge in [-0.15, -0.1) is 11.3 Å². The molecule has 2 rings (SSSR count). The predicted octanol–water partition coefficient (Wildman–Crippen LogP) is 2.36. The van der Waals surface area contributed by atoms with Gasteiger partial charge in [0.15, 0.2) is 0 Å². The number of rotatable bonds is 3. The molecule has 0 amide bonds. The first-order chi connectivity index (χ1) is 7.18. The summed E-state index contributed by atoms with van der Waals surface area (Å²) in [5.41, 5.74) is 6.93. The van der Waals surface area contributed by atoms with Gasteiger partial charge in [-0.2, -0.15) is 0 Å². The maximum atomic E-state index is 11.1. The molecule has 0 fully saturated rings. The molecule has 2 nitrogen and oxygen atoms in total. The first-order valence-corrected chi connectivity index (χ1v) is 5.77. The molecule has 1 unspecified atom stereocenters. The SMILES string of the molecule is CC(=O)C(N)Cc1csc2ccccc12. The number of thiophene rings is 1. The van der Waals surface area contributed by atoms with Crippen molar-refractivity contribution in [3.05, 3.63) is 35.2 Å². The van der Waals surface area contributed by atoms with Gasteiger partial charge in [-0.25, -0.2) is 0 Å². The van der Waals surface area contributed by atoms with E-state index in [-0.39, 0.29) is 11.8 Å². The van der Waals surface area contributed by atoms with Crippen LogP contribution in [0.15, 0.2) is 29.6 Å². The number of Topliss-reactive ketones (excluding diaryl/α,β-unsaturated/α-hetero) is 1. The normalized spacial score (nSPS) is 12.9. The third kappa shape index (κ3) is 2.08. The maximum Gasteiger partial charge on any atom is 0.146 e. The summed E-state index contributed by atoms with van der Waals surface area (Å²) >= 11 is 1.70. The molecule has 15 heavy (non-hydrogen) atoms. The predicted molar refractivity (Wildman–Crippen MR) is 64.2 cm³/mol. The molecule has 0 aliphatic carbocycles. The van der Waals surface area contributed by atoms with Crippen LogP contribution < -0.4 is 5.73 Å². The first-order valence-electron chi connectivity index (χ1n) is 4.89. The molecule has 0 bridgehead atoms. The smallest absolute Gasteiger partial charge is 0.146 e. The summed E-state index contributed by atoms with van der Waals surface area (Å²) in [6.45, 7) is 1.54. The lowest BCUT2D eigenvalue weighted by Crippen LogP contribution is -2.30. The van der Waals surface area contributed by atoms with Crippen LogP contribution >= 0.6 is 11.3 Å². The molecule has 78 valence electrons. The highest BCUT2D eigenvalue weighted by Crippen LogP contribution is 2.26. The van der Waals surface area contributed by atoms with Gasteiger partial charge in [-0.3, -0.25) is 4.79 Å². The second-order valence-electron chi connectivity index (χ2n) is 3.68. The van der Waals surface area contributed by atoms with Crippen molar-refractivity contribution in [3.8, 4) is 0 Å². The van der Waals surface area contributed by atoms with Gasteiger partial charge in [-0.05, 0) is 35.7 Å². The number of benzene rings is 1. The lowest BCUT2D eigenvalue weighted by Gasteiger charge is -2.06. The van der Waals surface area contributed by atoms with E-state index < -0.39 is 0 Å². The van der Waals surface area contributed by atoms with Crippen LogP contribution in [0.2, 0.25) is 0 Å². The summed E-state index contributed by atoms with van der Waals surface area (Å²) in [4.78, 5) is 11.1. The summed E-state index contributed by atoms with van der Waals surface area (Å²) in [5.74, 6) is 0.0466. The Bertz CT molecular complexity index is 489. The number of ketones is 1. The Morgan fingerprint density at radius 2 is 2.20 bits per heavy atom. The van der Waals surface area contributed by atoms with Crippen molar-refractivity contribution in [3.63, 3.8) is 0 Å². The van der Waals surface area contributed by atoms with E-state index in [9.17, 15) is 4.79 Å². The summed E-state index contributed by atoms with van der Waals surface area (Å²) in [6.07, 6.45) is 0.638. The monoisotopic (exact) mass is 219 g/mol. The molecule has 1 aromatic heterocycles. The molecular weight excluding hydrogens is 206 g/mol. The second-order valence-corrected chi connectivity index (χ2v) is 4.59. The lowest BCUT2D eigenvalue weighted by atomic mass is 10.0. The molecule has 1 heterocycles. The third-order valence-corrected chi connectivity index (χ3v) is 3.54. The van der Waals surface area contributed by atoms with Crippen molar-refractivity contribution in [1.29, 1.82) is 0 Å². The molecule has 0 saturated carbocycles. The van der Waals surface area contributed by atoms with E-state index in [4.69, 9.17) is 5.73 Å². The van der Waals surface area contributed by atoms with E-state index in [0.717, 1.165) is 0 Å². The van der Waals surface area contributed by atoms with Gasteiger partial charge in [0, 0.05) is 4.70 Å². The summed E-state index contributed by atoms with van der Waals surface area (Å²) in [7, 11) is 0. The Hall–Kier alpha value is -1.19. The van der Waals surface area contributed by atoms with Gasteiger partial charge in [0.05, 0.1) is 6.04 Å². The fourth-order valence-corrected chi connectivity index (χ4v) is 2.55. The van der Waals surface area contributed by atoms with Crippen molar-refractivity contribution in [2.45, 2.75) is 19.4 Å². The molecule has 2 N–H and O–H groups in total. The Balaban J connectivity index is 2.32. The van der Waals surface area contributed by atoms with Crippen molar-refractivity contribution in [1.82, 2.24) is 0 Å². The molecule has 1 aromatic carbocycles. The van der Waals surface area contributed by atoms with Gasteiger partial charge in [0.25, 0.3) is 0 Å². The second kappa shape index (κ2) is 4.13. The average molecular weight is 219 g/mol. The zero-order valence-electron chi connectivity index (χ0n) is 8.57. The fourth-order valence-electron chi connectivity index (χ4n) is 1.57. The van der Waals surface area contributed by atoms with Crippen LogP contribution in [0.4, 0.5) is 0 Å². The van der Waals surface area contributed by atoms with E-state index in [1.165, 1.54) is 15.6 Å². The van der Waals surface area contributed by atoms with Crippen molar-refractivity contribution in [2.24, 2.45) is 5.73 Å². The number of carbonyl (C=O) groups is 1. The van der Waals surface area contributed by atoms with Crippen LogP contribution in [0.3, 0.4) is 0 Å². The number of fused-ring (bicyclic) bond motifs is 1. The number of carbonyl (C=O) groups excluding carboxylic acids is 1. The van der Waals surface area contributed by atoms with Crippen molar-refractivity contribution >= 4 is 27.2 Å². The quantitative estimate of drug-likeness (QED) is 0.861. The molecule has 3 heteroatoms. The summed E-state index contributed by atoms with van der Waals surface area (Å²) in [5, 5.41) is 3.31. The number of hydrogen-bond acceptors (Lipinski definition) is 3. The van der Waals surface area contributed by atoms with E-state index in [2.05, 4.69) is 17.5 Å². The number of hydrogen-bond donors (Lipinski definition) is 1. The van der Waals surface area contributed by atoms with Crippen LogP contribution in [0.25, 0.3) is 10.1 Å².